The van der Waals surface area contributed by atoms with Gasteiger partial charge in [-0.1, -0.05) is 37.0 Å². The first-order chi connectivity index (χ1) is 9.09. The second-order valence-corrected chi connectivity index (χ2v) is 4.56. The molecule has 0 aliphatic carbocycles. The molecule has 2 rings (SSSR count). The number of amides is 1. The van der Waals surface area contributed by atoms with Gasteiger partial charge < -0.3 is 15.4 Å². The van der Waals surface area contributed by atoms with E-state index in [0.29, 0.717) is 13.2 Å². The summed E-state index contributed by atoms with van der Waals surface area (Å²) < 4.78 is 5.26. The molecule has 1 aromatic rings. The number of carbonyl (C=O) groups is 1. The van der Waals surface area contributed by atoms with Gasteiger partial charge in [-0.25, -0.2) is 0 Å². The van der Waals surface area contributed by atoms with Crippen molar-refractivity contribution in [3.8, 4) is 0 Å². The van der Waals surface area contributed by atoms with E-state index in [0.717, 1.165) is 18.8 Å². The molecule has 2 N–H and O–H groups in total. The normalized spacial score (nSPS) is 14.6. The van der Waals surface area contributed by atoms with Gasteiger partial charge in [0.2, 0.25) is 0 Å². The molecule has 0 saturated carbocycles. The summed E-state index contributed by atoms with van der Waals surface area (Å²) in [7, 11) is 0. The number of carbonyl (C=O) groups excluding carboxylic acids is 1. The van der Waals surface area contributed by atoms with Crippen LogP contribution in [0.25, 0.3) is 0 Å². The highest BCUT2D eigenvalue weighted by atomic mass is 35.5. The van der Waals surface area contributed by atoms with Crippen LogP contribution in [0, 0.1) is 0 Å². The summed E-state index contributed by atoms with van der Waals surface area (Å²) in [6, 6.07) is 3.41. The molecule has 4 nitrogen and oxygen atoms in total. The van der Waals surface area contributed by atoms with Crippen LogP contribution >= 0.6 is 23.2 Å². The maximum absolute atomic E-state index is 11.1. The van der Waals surface area contributed by atoms with Crippen LogP contribution in [0.1, 0.15) is 24.2 Å². The van der Waals surface area contributed by atoms with Gasteiger partial charge in [-0.3, -0.25) is 4.79 Å². The van der Waals surface area contributed by atoms with Crippen LogP contribution in [0.2, 0.25) is 10.0 Å². The van der Waals surface area contributed by atoms with Gasteiger partial charge in [0, 0.05) is 18.8 Å². The fourth-order valence-corrected chi connectivity index (χ4v) is 2.46. The number of nitrogens with two attached hydrogens (primary N) is 1. The molecule has 19 heavy (non-hydrogen) atoms. The summed E-state index contributed by atoms with van der Waals surface area (Å²) in [5.41, 5.74) is 6.26. The van der Waals surface area contributed by atoms with E-state index in [9.17, 15) is 4.79 Å². The number of benzene rings is 1. The summed E-state index contributed by atoms with van der Waals surface area (Å²) >= 11 is 12.0. The zero-order valence-electron chi connectivity index (χ0n) is 11.1. The van der Waals surface area contributed by atoms with E-state index >= 15 is 0 Å². The number of hydrogen-bond acceptors (Lipinski definition) is 3. The number of rotatable bonds is 2. The Balaban J connectivity index is 0.000000861. The molecular weight excluding hydrogens is 287 g/mol. The van der Waals surface area contributed by atoms with E-state index in [4.69, 9.17) is 33.7 Å². The molecule has 1 aliphatic rings. The predicted molar refractivity (Wildman–Crippen MR) is 79.4 cm³/mol. The number of hydrogen-bond donors (Lipinski definition) is 1. The fourth-order valence-electron chi connectivity index (χ4n) is 1.80. The Labute approximate surface area is 123 Å². The first-order valence-electron chi connectivity index (χ1n) is 6.21. The van der Waals surface area contributed by atoms with Crippen LogP contribution in [0.5, 0.6) is 0 Å². The summed E-state index contributed by atoms with van der Waals surface area (Å²) in [5, 5.41) is 0.568. The van der Waals surface area contributed by atoms with Crippen LogP contribution in [-0.2, 0) is 4.74 Å². The smallest absolute Gasteiger partial charge is 0.251 e. The molecule has 6 heteroatoms. The Morgan fingerprint density at radius 1 is 1.21 bits per heavy atom. The van der Waals surface area contributed by atoms with Crippen LogP contribution in [0.3, 0.4) is 0 Å². The largest absolute Gasteiger partial charge is 0.378 e. The summed E-state index contributed by atoms with van der Waals surface area (Å²) in [6.45, 7) is 6.91. The molecule has 1 saturated heterocycles. The Bertz CT molecular complexity index is 423. The van der Waals surface area contributed by atoms with Crippen molar-refractivity contribution in [2.75, 3.05) is 31.2 Å². The van der Waals surface area contributed by atoms with Gasteiger partial charge in [-0.2, -0.15) is 0 Å². The average Bonchev–Trinajstić information content (AvgIpc) is 2.40. The van der Waals surface area contributed by atoms with Crippen molar-refractivity contribution in [3.05, 3.63) is 27.7 Å². The van der Waals surface area contributed by atoms with Crippen molar-refractivity contribution < 1.29 is 9.53 Å². The van der Waals surface area contributed by atoms with Crippen molar-refractivity contribution in [1.82, 2.24) is 0 Å². The van der Waals surface area contributed by atoms with Crippen molar-refractivity contribution in [3.63, 3.8) is 0 Å². The molecule has 0 atom stereocenters. The molecule has 1 heterocycles. The number of morpholine rings is 1. The maximum Gasteiger partial charge on any atom is 0.251 e. The standard InChI is InChI=1S/C11H12Cl2N2O2.C2H6/c12-8-5-7(15-1-3-17-4-2-15)6-9(13)10(8)11(14)16;1-2/h5-6H,1-4H2,(H2,14,16);1-2H3. The van der Waals surface area contributed by atoms with Crippen molar-refractivity contribution in [1.29, 1.82) is 0 Å². The van der Waals surface area contributed by atoms with Crippen molar-refractivity contribution in [2.24, 2.45) is 5.73 Å². The lowest BCUT2D eigenvalue weighted by atomic mass is 10.1. The quantitative estimate of drug-likeness (QED) is 0.914. The van der Waals surface area contributed by atoms with Crippen LogP contribution in [0.15, 0.2) is 12.1 Å². The Hall–Kier alpha value is -0.970. The first-order valence-corrected chi connectivity index (χ1v) is 6.96. The van der Waals surface area contributed by atoms with Gasteiger partial charge in [0.15, 0.2) is 0 Å². The highest BCUT2D eigenvalue weighted by Gasteiger charge is 2.17. The second-order valence-electron chi connectivity index (χ2n) is 3.75. The molecule has 1 aliphatic heterocycles. The molecule has 1 fully saturated rings. The summed E-state index contributed by atoms with van der Waals surface area (Å²) in [6.07, 6.45) is 0. The Morgan fingerprint density at radius 3 is 2.11 bits per heavy atom. The fraction of sp³-hybridized carbons (Fsp3) is 0.462. The van der Waals surface area contributed by atoms with E-state index < -0.39 is 5.91 Å². The number of primary amides is 1. The number of ether oxygens (including phenoxy) is 1. The Morgan fingerprint density at radius 2 is 1.68 bits per heavy atom. The van der Waals surface area contributed by atoms with E-state index in [2.05, 4.69) is 4.90 Å². The molecule has 1 aromatic carbocycles. The van der Waals surface area contributed by atoms with Crippen LogP contribution in [-0.4, -0.2) is 32.2 Å². The third-order valence-corrected chi connectivity index (χ3v) is 3.25. The average molecular weight is 305 g/mol. The zero-order valence-corrected chi connectivity index (χ0v) is 12.6. The van der Waals surface area contributed by atoms with Crippen molar-refractivity contribution >= 4 is 34.8 Å². The topological polar surface area (TPSA) is 55.6 Å². The van der Waals surface area contributed by atoms with E-state index in [1.165, 1.54) is 0 Å². The molecule has 0 aromatic heterocycles. The molecule has 0 spiro atoms. The third kappa shape index (κ3) is 4.00. The van der Waals surface area contributed by atoms with Gasteiger partial charge in [-0.05, 0) is 12.1 Å². The Kier molecular flexibility index (Phi) is 6.42. The highest BCUT2D eigenvalue weighted by Crippen LogP contribution is 2.30. The zero-order chi connectivity index (χ0) is 14.4. The number of halogens is 2. The van der Waals surface area contributed by atoms with E-state index in [1.54, 1.807) is 12.1 Å². The van der Waals surface area contributed by atoms with Gasteiger partial charge in [0.1, 0.15) is 0 Å². The highest BCUT2D eigenvalue weighted by molar-refractivity contribution is 6.40. The van der Waals surface area contributed by atoms with Crippen LogP contribution in [0.4, 0.5) is 5.69 Å². The van der Waals surface area contributed by atoms with Gasteiger partial charge in [-0.15, -0.1) is 0 Å². The van der Waals surface area contributed by atoms with Gasteiger partial charge >= 0.3 is 0 Å². The predicted octanol–water partition coefficient (Wildman–Crippen LogP) is 2.96. The molecule has 106 valence electrons. The third-order valence-electron chi connectivity index (χ3n) is 2.65. The second kappa shape index (κ2) is 7.58. The molecular formula is C13H18Cl2N2O2. The molecule has 0 radical (unpaired) electrons. The lowest BCUT2D eigenvalue weighted by molar-refractivity contribution is 0.100. The minimum absolute atomic E-state index is 0.172. The molecule has 0 unspecified atom stereocenters. The van der Waals surface area contributed by atoms with E-state index in [-0.39, 0.29) is 15.6 Å². The minimum atomic E-state index is -0.617. The SMILES string of the molecule is CC.NC(=O)c1c(Cl)cc(N2CCOCC2)cc1Cl. The summed E-state index contributed by atoms with van der Waals surface area (Å²) in [4.78, 5) is 13.3. The maximum atomic E-state index is 11.1. The first kappa shape index (κ1) is 16.1. The van der Waals surface area contributed by atoms with Gasteiger partial charge in [0.05, 0.1) is 28.8 Å². The monoisotopic (exact) mass is 304 g/mol. The lowest BCUT2D eigenvalue weighted by Gasteiger charge is -2.29. The summed E-state index contributed by atoms with van der Waals surface area (Å²) in [5.74, 6) is -0.617. The number of anilines is 1. The minimum Gasteiger partial charge on any atom is -0.378 e. The molecule has 0 bridgehead atoms. The van der Waals surface area contributed by atoms with Crippen LogP contribution < -0.4 is 10.6 Å². The molecule has 1 amide bonds. The number of nitrogens with zero attached hydrogens (tertiary/aromatic N) is 1. The van der Waals surface area contributed by atoms with Gasteiger partial charge in [0.25, 0.3) is 5.91 Å². The van der Waals surface area contributed by atoms with Crippen molar-refractivity contribution in [2.45, 2.75) is 13.8 Å². The lowest BCUT2D eigenvalue weighted by Crippen LogP contribution is -2.36. The van der Waals surface area contributed by atoms with E-state index in [1.807, 2.05) is 13.8 Å².